The first-order chi connectivity index (χ1) is 18.4. The molecule has 0 saturated heterocycles. The van der Waals surface area contributed by atoms with Crippen molar-refractivity contribution in [2.45, 2.75) is 0 Å². The summed E-state index contributed by atoms with van der Waals surface area (Å²) in [6.45, 7) is 0. The second-order valence-corrected chi connectivity index (χ2v) is 12.5. The maximum Gasteiger partial charge on any atom is 0.341 e. The lowest BCUT2D eigenvalue weighted by Crippen LogP contribution is -2.75. The van der Waals surface area contributed by atoms with Crippen molar-refractivity contribution in [1.29, 1.82) is 0 Å². The van der Waals surface area contributed by atoms with E-state index in [-0.39, 0.29) is 0 Å². The Balaban J connectivity index is 1.70. The largest absolute Gasteiger partial charge is 0.341 e. The molecule has 176 valence electrons. The minimum Gasteiger partial charge on any atom is -0.340 e. The molecule has 0 saturated carbocycles. The summed E-state index contributed by atoms with van der Waals surface area (Å²) < 4.78 is 5.11. The van der Waals surface area contributed by atoms with E-state index in [2.05, 4.69) is 153 Å². The molecule has 2 heterocycles. The van der Waals surface area contributed by atoms with Crippen LogP contribution in [0.15, 0.2) is 146 Å². The fourth-order valence-electron chi connectivity index (χ4n) is 5.76. The maximum atomic E-state index is 4.38. The number of hydrogen-bond acceptors (Lipinski definition) is 4. The third-order valence-electron chi connectivity index (χ3n) is 7.19. The van der Waals surface area contributed by atoms with Crippen molar-refractivity contribution >= 4 is 52.3 Å². The Labute approximate surface area is 217 Å². The predicted octanol–water partition coefficient (Wildman–Crippen LogP) is 6.18. The predicted molar refractivity (Wildman–Crippen MR) is 155 cm³/mol. The summed E-state index contributed by atoms with van der Waals surface area (Å²) in [5, 5.41) is 13.9. The molecule has 0 aliphatic carbocycles. The van der Waals surface area contributed by atoms with Gasteiger partial charge in [0.15, 0.2) is 0 Å². The number of para-hydroxylation sites is 2. The number of hydrogen-bond donors (Lipinski definition) is 0. The normalized spacial score (nSPS) is 14.1. The van der Waals surface area contributed by atoms with Crippen LogP contribution >= 0.6 is 0 Å². The molecule has 7 rings (SSSR count). The smallest absolute Gasteiger partial charge is 0.340 e. The van der Waals surface area contributed by atoms with Gasteiger partial charge in [0.2, 0.25) is 0 Å². The lowest BCUT2D eigenvalue weighted by molar-refractivity contribution is 1.03. The summed E-state index contributed by atoms with van der Waals surface area (Å²) in [7, 11) is -3.01. The van der Waals surface area contributed by atoms with Gasteiger partial charge in [-0.15, -0.1) is 0 Å². The summed E-state index contributed by atoms with van der Waals surface area (Å²) in [6.07, 6.45) is 3.84. The monoisotopic (exact) mass is 492 g/mol. The van der Waals surface area contributed by atoms with E-state index in [4.69, 9.17) is 0 Å². The molecule has 0 bridgehead atoms. The van der Waals surface area contributed by atoms with E-state index in [9.17, 15) is 0 Å². The number of anilines is 4. The highest BCUT2D eigenvalue weighted by molar-refractivity contribution is 7.11. The van der Waals surface area contributed by atoms with E-state index >= 15 is 0 Å². The zero-order chi connectivity index (χ0) is 24.7. The number of rotatable bonds is 4. The highest BCUT2D eigenvalue weighted by Crippen LogP contribution is 2.49. The van der Waals surface area contributed by atoms with Crippen LogP contribution in [0.4, 0.5) is 22.7 Å². The first-order valence-electron chi connectivity index (χ1n) is 12.4. The zero-order valence-corrected chi connectivity index (χ0v) is 21.1. The lowest BCUT2D eigenvalue weighted by Gasteiger charge is -2.44. The molecule has 4 nitrogen and oxygen atoms in total. The first-order valence-corrected chi connectivity index (χ1v) is 14.3. The summed E-state index contributed by atoms with van der Waals surface area (Å²) in [6, 6.07) is 47.8. The Hall–Kier alpha value is -4.74. The van der Waals surface area contributed by atoms with E-state index in [1.54, 1.807) is 0 Å². The topological polar surface area (TPSA) is 32.3 Å². The van der Waals surface area contributed by atoms with Crippen molar-refractivity contribution in [3.05, 3.63) is 146 Å². The average molecular weight is 493 g/mol. The Morgan fingerprint density at radius 3 is 1.54 bits per heavy atom. The molecule has 0 unspecified atom stereocenters. The molecular formula is C32H24N4Si. The highest BCUT2D eigenvalue weighted by atomic mass is 28.3. The molecule has 0 fully saturated rings. The molecule has 0 amide bonds. The summed E-state index contributed by atoms with van der Waals surface area (Å²) >= 11 is 0. The van der Waals surface area contributed by atoms with Crippen molar-refractivity contribution in [1.82, 2.24) is 10.2 Å². The van der Waals surface area contributed by atoms with Crippen molar-refractivity contribution in [3.63, 3.8) is 0 Å². The molecule has 1 aliphatic rings. The summed E-state index contributed by atoms with van der Waals surface area (Å²) in [4.78, 5) is 0. The number of fused-ring (bicyclic) bond motifs is 2. The van der Waals surface area contributed by atoms with Gasteiger partial charge in [-0.1, -0.05) is 109 Å². The fourth-order valence-corrected chi connectivity index (χ4v) is 10.9. The standard InChI is InChI=1S/C32H24N4Si/c1-4-15-26(16-5-1)35-30-23-33-34-24-31(30)36(27-17-6-2-7-18-27)37(35,28-19-8-3-9-20-28)32-22-12-14-25-13-10-11-21-29(25)32/h1-24H. The Kier molecular flexibility index (Phi) is 5.08. The molecule has 1 aliphatic heterocycles. The minimum atomic E-state index is -3.01. The van der Waals surface area contributed by atoms with Gasteiger partial charge in [0.05, 0.1) is 23.8 Å². The van der Waals surface area contributed by atoms with Crippen LogP contribution < -0.4 is 19.5 Å². The molecular weight excluding hydrogens is 468 g/mol. The van der Waals surface area contributed by atoms with Gasteiger partial charge in [-0.25, -0.2) is 0 Å². The number of nitrogens with zero attached hydrogens (tertiary/aromatic N) is 4. The van der Waals surface area contributed by atoms with Crippen LogP contribution in [-0.4, -0.2) is 18.6 Å². The molecule has 5 aromatic carbocycles. The van der Waals surface area contributed by atoms with Gasteiger partial charge < -0.3 is 9.13 Å². The van der Waals surface area contributed by atoms with Gasteiger partial charge in [-0.2, -0.15) is 10.2 Å². The van der Waals surface area contributed by atoms with Gasteiger partial charge in [0.1, 0.15) is 0 Å². The van der Waals surface area contributed by atoms with Gasteiger partial charge in [0.25, 0.3) is 0 Å². The second-order valence-electron chi connectivity index (χ2n) is 9.17. The Morgan fingerprint density at radius 1 is 0.459 bits per heavy atom. The molecule has 0 spiro atoms. The van der Waals surface area contributed by atoms with Crippen LogP contribution in [0, 0.1) is 0 Å². The first kappa shape index (κ1) is 21.5. The molecule has 6 aromatic rings. The molecule has 0 radical (unpaired) electrons. The van der Waals surface area contributed by atoms with Crippen LogP contribution in [0.1, 0.15) is 0 Å². The average Bonchev–Trinajstić information content (AvgIpc) is 3.30. The Bertz CT molecular complexity index is 1620. The lowest BCUT2D eigenvalue weighted by atomic mass is 10.1. The molecule has 37 heavy (non-hydrogen) atoms. The molecule has 1 aromatic heterocycles. The van der Waals surface area contributed by atoms with Gasteiger partial charge in [-0.05, 0) is 45.4 Å². The van der Waals surface area contributed by atoms with Gasteiger partial charge in [0, 0.05) is 11.4 Å². The quantitative estimate of drug-likeness (QED) is 0.275. The second kappa shape index (κ2) is 8.73. The van der Waals surface area contributed by atoms with Crippen LogP contribution in [-0.2, 0) is 0 Å². The molecule has 0 N–H and O–H groups in total. The van der Waals surface area contributed by atoms with Crippen molar-refractivity contribution in [2.75, 3.05) is 9.13 Å². The maximum absolute atomic E-state index is 4.38. The van der Waals surface area contributed by atoms with Gasteiger partial charge >= 0.3 is 8.40 Å². The van der Waals surface area contributed by atoms with E-state index in [1.165, 1.54) is 21.1 Å². The third-order valence-corrected chi connectivity index (χ3v) is 11.8. The van der Waals surface area contributed by atoms with E-state index in [1.807, 2.05) is 12.4 Å². The molecule has 0 atom stereocenters. The van der Waals surface area contributed by atoms with E-state index < -0.39 is 8.40 Å². The van der Waals surface area contributed by atoms with Crippen LogP contribution in [0.5, 0.6) is 0 Å². The third kappa shape index (κ3) is 3.21. The number of benzene rings is 5. The highest BCUT2D eigenvalue weighted by Gasteiger charge is 2.58. The van der Waals surface area contributed by atoms with E-state index in [0.29, 0.717) is 0 Å². The van der Waals surface area contributed by atoms with Crippen LogP contribution in [0.25, 0.3) is 10.8 Å². The number of aromatic nitrogens is 2. The zero-order valence-electron chi connectivity index (χ0n) is 20.1. The van der Waals surface area contributed by atoms with Crippen molar-refractivity contribution in [3.8, 4) is 0 Å². The van der Waals surface area contributed by atoms with Crippen LogP contribution in [0.2, 0.25) is 0 Å². The molecule has 5 heteroatoms. The fraction of sp³-hybridized carbons (Fsp3) is 0. The summed E-state index contributed by atoms with van der Waals surface area (Å²) in [5.41, 5.74) is 4.40. The van der Waals surface area contributed by atoms with Crippen molar-refractivity contribution < 1.29 is 0 Å². The Morgan fingerprint density at radius 2 is 0.946 bits per heavy atom. The van der Waals surface area contributed by atoms with Crippen LogP contribution in [0.3, 0.4) is 0 Å². The SMILES string of the molecule is c1ccc(N2c3cnncc3N(c3ccccc3)[Si]2(c2ccccc2)c2cccc3ccccc23)cc1. The summed E-state index contributed by atoms with van der Waals surface area (Å²) in [5.74, 6) is 0. The van der Waals surface area contributed by atoms with E-state index in [0.717, 1.165) is 22.7 Å². The minimum absolute atomic E-state index is 1.06. The van der Waals surface area contributed by atoms with Gasteiger partial charge in [-0.3, -0.25) is 0 Å². The van der Waals surface area contributed by atoms with Crippen molar-refractivity contribution in [2.24, 2.45) is 0 Å².